The van der Waals surface area contributed by atoms with Crippen LogP contribution < -0.4 is 4.74 Å². The van der Waals surface area contributed by atoms with Crippen molar-refractivity contribution in [1.29, 1.82) is 0 Å². The number of hydrogen-bond acceptors (Lipinski definition) is 5. The van der Waals surface area contributed by atoms with Crippen LogP contribution in [0, 0.1) is 0 Å². The first-order valence-corrected chi connectivity index (χ1v) is 8.35. The number of aromatic nitrogens is 4. The maximum atomic E-state index is 5.22. The highest BCUT2D eigenvalue weighted by Gasteiger charge is 2.29. The van der Waals surface area contributed by atoms with Gasteiger partial charge in [-0.05, 0) is 44.8 Å². The molecule has 2 fully saturated rings. The van der Waals surface area contributed by atoms with Crippen LogP contribution in [0.25, 0.3) is 5.65 Å². The molecule has 0 aromatic carbocycles. The number of methoxy groups -OCH3 is 1. The smallest absolute Gasteiger partial charge is 0.231 e. The van der Waals surface area contributed by atoms with Crippen LogP contribution in [0.5, 0.6) is 5.88 Å². The molecule has 1 saturated heterocycles. The molecule has 118 valence electrons. The van der Waals surface area contributed by atoms with Gasteiger partial charge in [0.25, 0.3) is 0 Å². The van der Waals surface area contributed by atoms with Crippen LogP contribution in [0.2, 0.25) is 0 Å². The van der Waals surface area contributed by atoms with Gasteiger partial charge in [-0.15, -0.1) is 15.3 Å². The fraction of sp³-hybridized carbons (Fsp3) is 0.688. The third-order valence-electron chi connectivity index (χ3n) is 5.21. The van der Waals surface area contributed by atoms with E-state index in [9.17, 15) is 0 Å². The number of ether oxygens (including phenoxy) is 1. The zero-order valence-corrected chi connectivity index (χ0v) is 13.1. The van der Waals surface area contributed by atoms with Gasteiger partial charge in [0.05, 0.1) is 7.11 Å². The fourth-order valence-electron chi connectivity index (χ4n) is 3.94. The molecule has 2 aromatic rings. The number of piperidine rings is 1. The highest BCUT2D eigenvalue weighted by Crippen LogP contribution is 2.31. The van der Waals surface area contributed by atoms with E-state index in [-0.39, 0.29) is 0 Å². The number of rotatable bonds is 3. The second kappa shape index (κ2) is 5.83. The molecule has 1 aliphatic carbocycles. The Bertz CT molecular complexity index is 641. The average Bonchev–Trinajstić information content (AvgIpc) is 3.24. The van der Waals surface area contributed by atoms with Crippen molar-refractivity contribution in [3.63, 3.8) is 0 Å². The summed E-state index contributed by atoms with van der Waals surface area (Å²) in [5.74, 6) is 2.05. The Hall–Kier alpha value is -1.69. The van der Waals surface area contributed by atoms with E-state index >= 15 is 0 Å². The summed E-state index contributed by atoms with van der Waals surface area (Å²) in [5.41, 5.74) is 0.800. The summed E-state index contributed by atoms with van der Waals surface area (Å²) in [7, 11) is 1.64. The summed E-state index contributed by atoms with van der Waals surface area (Å²) in [5, 5.41) is 13.1. The Morgan fingerprint density at radius 2 is 1.82 bits per heavy atom. The van der Waals surface area contributed by atoms with E-state index < -0.39 is 0 Å². The van der Waals surface area contributed by atoms with Gasteiger partial charge in [-0.25, -0.2) is 0 Å². The Kier molecular flexibility index (Phi) is 3.70. The first-order chi connectivity index (χ1) is 10.8. The van der Waals surface area contributed by atoms with E-state index in [1.165, 1.54) is 38.8 Å². The second-order valence-electron chi connectivity index (χ2n) is 6.45. The van der Waals surface area contributed by atoms with Crippen molar-refractivity contribution in [3.8, 4) is 5.88 Å². The molecule has 0 amide bonds. The first kappa shape index (κ1) is 13.9. The third-order valence-corrected chi connectivity index (χ3v) is 5.21. The predicted molar refractivity (Wildman–Crippen MR) is 83.1 cm³/mol. The van der Waals surface area contributed by atoms with Gasteiger partial charge in [0, 0.05) is 18.0 Å². The number of hydrogen-bond donors (Lipinski definition) is 0. The summed E-state index contributed by atoms with van der Waals surface area (Å²) in [6.07, 6.45) is 7.88. The van der Waals surface area contributed by atoms with E-state index in [0.29, 0.717) is 11.8 Å². The molecule has 0 spiro atoms. The summed E-state index contributed by atoms with van der Waals surface area (Å²) in [6, 6.07) is 4.57. The van der Waals surface area contributed by atoms with Crippen LogP contribution in [0.3, 0.4) is 0 Å². The molecule has 0 N–H and O–H groups in total. The van der Waals surface area contributed by atoms with Gasteiger partial charge in [-0.2, -0.15) is 4.52 Å². The Balaban J connectivity index is 1.51. The Morgan fingerprint density at radius 3 is 2.55 bits per heavy atom. The van der Waals surface area contributed by atoms with Crippen LogP contribution in [0.15, 0.2) is 12.1 Å². The van der Waals surface area contributed by atoms with Crippen molar-refractivity contribution in [3.05, 3.63) is 18.0 Å². The Labute approximate surface area is 130 Å². The van der Waals surface area contributed by atoms with Crippen LogP contribution in [-0.2, 0) is 0 Å². The average molecular weight is 301 g/mol. The van der Waals surface area contributed by atoms with E-state index in [0.717, 1.165) is 30.4 Å². The van der Waals surface area contributed by atoms with Crippen molar-refractivity contribution in [2.24, 2.45) is 0 Å². The Morgan fingerprint density at radius 1 is 1.05 bits per heavy atom. The van der Waals surface area contributed by atoms with Crippen molar-refractivity contribution in [2.75, 3.05) is 20.2 Å². The largest absolute Gasteiger partial charge is 0.480 e. The van der Waals surface area contributed by atoms with Gasteiger partial charge in [0.2, 0.25) is 5.88 Å². The van der Waals surface area contributed by atoms with E-state index in [1.54, 1.807) is 7.11 Å². The van der Waals surface area contributed by atoms with Gasteiger partial charge in [0.15, 0.2) is 11.5 Å². The molecule has 0 atom stereocenters. The van der Waals surface area contributed by atoms with Crippen LogP contribution >= 0.6 is 0 Å². The molecule has 22 heavy (non-hydrogen) atoms. The van der Waals surface area contributed by atoms with E-state index in [4.69, 9.17) is 4.74 Å². The molecule has 0 bridgehead atoms. The molecular weight excluding hydrogens is 278 g/mol. The lowest BCUT2D eigenvalue weighted by atomic mass is 9.95. The summed E-state index contributed by atoms with van der Waals surface area (Å²) in [4.78, 5) is 2.68. The summed E-state index contributed by atoms with van der Waals surface area (Å²) < 4.78 is 7.08. The molecule has 0 radical (unpaired) electrons. The zero-order chi connectivity index (χ0) is 14.9. The van der Waals surface area contributed by atoms with Crippen molar-refractivity contribution in [2.45, 2.75) is 50.5 Å². The predicted octanol–water partition coefficient (Wildman–Crippen LogP) is 2.25. The molecule has 6 nitrogen and oxygen atoms in total. The van der Waals surface area contributed by atoms with Gasteiger partial charge < -0.3 is 9.64 Å². The molecule has 2 aromatic heterocycles. The maximum Gasteiger partial charge on any atom is 0.231 e. The standard InChI is InChI=1S/C16H23N5O/c1-22-15-7-6-14-17-18-16(21(14)19-15)12-8-10-20(11-9-12)13-4-2-3-5-13/h6-7,12-13H,2-5,8-11H2,1H3. The minimum Gasteiger partial charge on any atom is -0.480 e. The molecule has 1 saturated carbocycles. The summed E-state index contributed by atoms with van der Waals surface area (Å²) >= 11 is 0. The maximum absolute atomic E-state index is 5.22. The molecule has 6 heteroatoms. The SMILES string of the molecule is COc1ccc2nnc(C3CCN(C4CCCC4)CC3)n2n1. The molecule has 2 aliphatic rings. The lowest BCUT2D eigenvalue weighted by Crippen LogP contribution is -2.39. The molecular formula is C16H23N5O. The topological polar surface area (TPSA) is 55.6 Å². The zero-order valence-electron chi connectivity index (χ0n) is 13.1. The summed E-state index contributed by atoms with van der Waals surface area (Å²) in [6.45, 7) is 2.35. The number of likely N-dealkylation sites (tertiary alicyclic amines) is 1. The quantitative estimate of drug-likeness (QED) is 0.870. The first-order valence-electron chi connectivity index (χ1n) is 8.35. The van der Waals surface area contributed by atoms with Gasteiger partial charge in [-0.1, -0.05) is 12.8 Å². The normalized spacial score (nSPS) is 21.7. The number of nitrogens with zero attached hydrogens (tertiary/aromatic N) is 5. The lowest BCUT2D eigenvalue weighted by molar-refractivity contribution is 0.151. The fourth-order valence-corrected chi connectivity index (χ4v) is 3.94. The van der Waals surface area contributed by atoms with Crippen molar-refractivity contribution >= 4 is 5.65 Å². The lowest BCUT2D eigenvalue weighted by Gasteiger charge is -2.35. The van der Waals surface area contributed by atoms with Crippen LogP contribution in [0.4, 0.5) is 0 Å². The van der Waals surface area contributed by atoms with Gasteiger partial charge in [0.1, 0.15) is 0 Å². The third kappa shape index (κ3) is 2.45. The highest BCUT2D eigenvalue weighted by atomic mass is 16.5. The molecule has 4 rings (SSSR count). The van der Waals surface area contributed by atoms with Crippen molar-refractivity contribution in [1.82, 2.24) is 24.7 Å². The molecule has 0 unspecified atom stereocenters. The second-order valence-corrected chi connectivity index (χ2v) is 6.45. The minimum absolute atomic E-state index is 0.451. The van der Waals surface area contributed by atoms with Crippen molar-refractivity contribution < 1.29 is 4.74 Å². The molecule has 3 heterocycles. The van der Waals surface area contributed by atoms with Gasteiger partial charge in [-0.3, -0.25) is 0 Å². The van der Waals surface area contributed by atoms with E-state index in [1.807, 2.05) is 16.6 Å². The monoisotopic (exact) mass is 301 g/mol. The highest BCUT2D eigenvalue weighted by molar-refractivity contribution is 5.38. The van der Waals surface area contributed by atoms with Crippen LogP contribution in [-0.4, -0.2) is 51.0 Å². The minimum atomic E-state index is 0.451. The van der Waals surface area contributed by atoms with E-state index in [2.05, 4.69) is 20.2 Å². The number of fused-ring (bicyclic) bond motifs is 1. The van der Waals surface area contributed by atoms with Crippen LogP contribution in [0.1, 0.15) is 50.3 Å². The molecule has 1 aliphatic heterocycles. The van der Waals surface area contributed by atoms with Gasteiger partial charge >= 0.3 is 0 Å².